The van der Waals surface area contributed by atoms with Crippen molar-refractivity contribution >= 4 is 17.9 Å². The quantitative estimate of drug-likeness (QED) is 0.0498. The number of rotatable bonds is 28. The second-order valence-electron chi connectivity index (χ2n) is 11.9. The molecule has 0 spiro atoms. The molecule has 0 aromatic rings. The first-order chi connectivity index (χ1) is 19.2. The minimum absolute atomic E-state index is 0.259. The van der Waals surface area contributed by atoms with E-state index in [9.17, 15) is 29.7 Å². The number of carbonyl (C=O) groups is 3. The van der Waals surface area contributed by atoms with Crippen molar-refractivity contribution in [3.05, 3.63) is 12.2 Å². The summed E-state index contributed by atoms with van der Waals surface area (Å²) in [6, 6.07) is 0. The third-order valence-corrected chi connectivity index (χ3v) is 8.50. The number of allylic oxidation sites excluding steroid dienone is 2. The zero-order chi connectivity index (χ0) is 30.2. The summed E-state index contributed by atoms with van der Waals surface area (Å²) in [7, 11) is 0. The molecule has 0 aromatic carbocycles. The number of quaternary nitrogens is 1. The predicted octanol–water partition coefficient (Wildman–Crippen LogP) is 8.17. The summed E-state index contributed by atoms with van der Waals surface area (Å²) in [6.45, 7) is 9.17. The summed E-state index contributed by atoms with van der Waals surface area (Å²) < 4.78 is 0.259. The highest BCUT2D eigenvalue weighted by Crippen LogP contribution is 2.25. The summed E-state index contributed by atoms with van der Waals surface area (Å²) in [6.07, 6.45) is 22.8. The van der Waals surface area contributed by atoms with E-state index >= 15 is 0 Å². The molecule has 0 radical (unpaired) electrons. The molecule has 3 unspecified atom stereocenters. The molecular weight excluding hydrogens is 506 g/mol. The van der Waals surface area contributed by atoms with Gasteiger partial charge in [0.05, 0.1) is 26.2 Å². The van der Waals surface area contributed by atoms with E-state index in [1.54, 1.807) is 0 Å². The zero-order valence-electron chi connectivity index (χ0n) is 26.2. The van der Waals surface area contributed by atoms with E-state index in [0.29, 0.717) is 25.8 Å². The molecule has 0 aromatic heterocycles. The first-order valence-electron chi connectivity index (χ1n) is 16.3. The standard InChI is InChI=1S/C33H61NO6/c1-5-9-10-11-12-13-14-15-16-17-18-19-20-21-22-23-24-34(25-28(6-2)31(35)36,26-29(7-3)32(37)38)27-30(8-4)33(39)40/h9-10,28-30H,5-8,11-27H2,1-4H3,(H2-,35,36,37,38,39,40)/p+1/b10-9+. The fourth-order valence-electron chi connectivity index (χ4n) is 5.81. The number of hydrogen-bond acceptors (Lipinski definition) is 3. The lowest BCUT2D eigenvalue weighted by atomic mass is 9.95. The van der Waals surface area contributed by atoms with Crippen LogP contribution >= 0.6 is 0 Å². The molecule has 0 saturated heterocycles. The monoisotopic (exact) mass is 568 g/mol. The van der Waals surface area contributed by atoms with Gasteiger partial charge in [-0.2, -0.15) is 0 Å². The Morgan fingerprint density at radius 2 is 0.850 bits per heavy atom. The molecule has 0 heterocycles. The van der Waals surface area contributed by atoms with Crippen molar-refractivity contribution in [1.82, 2.24) is 0 Å². The van der Waals surface area contributed by atoms with Gasteiger partial charge < -0.3 is 19.8 Å². The van der Waals surface area contributed by atoms with Gasteiger partial charge >= 0.3 is 17.9 Å². The lowest BCUT2D eigenvalue weighted by Gasteiger charge is -2.43. The third-order valence-electron chi connectivity index (χ3n) is 8.50. The second kappa shape index (κ2) is 23.8. The zero-order valence-corrected chi connectivity index (χ0v) is 26.2. The number of aliphatic carboxylic acids is 3. The van der Waals surface area contributed by atoms with E-state index in [2.05, 4.69) is 19.1 Å². The Balaban J connectivity index is 4.83. The van der Waals surface area contributed by atoms with Crippen LogP contribution in [0.3, 0.4) is 0 Å². The van der Waals surface area contributed by atoms with Crippen molar-refractivity contribution in [3.8, 4) is 0 Å². The summed E-state index contributed by atoms with van der Waals surface area (Å²) in [5.41, 5.74) is 0. The van der Waals surface area contributed by atoms with Crippen LogP contribution in [0.25, 0.3) is 0 Å². The second-order valence-corrected chi connectivity index (χ2v) is 11.9. The van der Waals surface area contributed by atoms with Crippen LogP contribution in [0.1, 0.15) is 137 Å². The number of carboxylic acids is 3. The molecule has 3 atom stereocenters. The molecule has 0 aliphatic rings. The van der Waals surface area contributed by atoms with E-state index in [4.69, 9.17) is 0 Å². The van der Waals surface area contributed by atoms with Crippen molar-refractivity contribution in [2.75, 3.05) is 26.2 Å². The molecule has 7 heteroatoms. The maximum absolute atomic E-state index is 12.0. The van der Waals surface area contributed by atoms with Gasteiger partial charge in [0.2, 0.25) is 0 Å². The average Bonchev–Trinajstić information content (AvgIpc) is 2.92. The Hall–Kier alpha value is -1.89. The summed E-state index contributed by atoms with van der Waals surface area (Å²) in [4.78, 5) is 35.9. The van der Waals surface area contributed by atoms with Crippen LogP contribution in [0, 0.1) is 17.8 Å². The van der Waals surface area contributed by atoms with Gasteiger partial charge in [-0.1, -0.05) is 97.6 Å². The van der Waals surface area contributed by atoms with Gasteiger partial charge in [0.25, 0.3) is 0 Å². The highest BCUT2D eigenvalue weighted by atomic mass is 16.4. The number of carboxylic acid groups (broad SMARTS) is 3. The fraction of sp³-hybridized carbons (Fsp3) is 0.848. The largest absolute Gasteiger partial charge is 0.481 e. The van der Waals surface area contributed by atoms with Gasteiger partial charge in [-0.15, -0.1) is 0 Å². The van der Waals surface area contributed by atoms with Crippen LogP contribution < -0.4 is 0 Å². The van der Waals surface area contributed by atoms with Crippen LogP contribution in [-0.4, -0.2) is 63.9 Å². The van der Waals surface area contributed by atoms with Gasteiger partial charge in [0.1, 0.15) is 17.8 Å². The van der Waals surface area contributed by atoms with Crippen LogP contribution in [0.15, 0.2) is 12.2 Å². The number of unbranched alkanes of at least 4 members (excludes halogenated alkanes) is 12. The first-order valence-corrected chi connectivity index (χ1v) is 16.3. The molecule has 0 aliphatic carbocycles. The Bertz CT molecular complexity index is 647. The van der Waals surface area contributed by atoms with E-state index < -0.39 is 35.7 Å². The Morgan fingerprint density at radius 3 is 1.15 bits per heavy atom. The minimum atomic E-state index is -0.888. The van der Waals surface area contributed by atoms with Crippen LogP contribution in [0.2, 0.25) is 0 Å². The maximum Gasteiger partial charge on any atom is 0.312 e. The van der Waals surface area contributed by atoms with Gasteiger partial charge in [0, 0.05) is 0 Å². The lowest BCUT2D eigenvalue weighted by Crippen LogP contribution is -2.58. The van der Waals surface area contributed by atoms with Gasteiger partial charge in [-0.05, 0) is 51.4 Å². The van der Waals surface area contributed by atoms with Crippen LogP contribution in [0.4, 0.5) is 0 Å². The summed E-state index contributed by atoms with van der Waals surface area (Å²) in [5.74, 6) is -4.51. The smallest absolute Gasteiger partial charge is 0.312 e. The Morgan fingerprint density at radius 1 is 0.525 bits per heavy atom. The van der Waals surface area contributed by atoms with Gasteiger partial charge in [-0.25, -0.2) is 0 Å². The summed E-state index contributed by atoms with van der Waals surface area (Å²) >= 11 is 0. The lowest BCUT2D eigenvalue weighted by molar-refractivity contribution is -0.935. The molecule has 3 N–H and O–H groups in total. The number of nitrogens with zero attached hydrogens (tertiary/aromatic N) is 1. The van der Waals surface area contributed by atoms with Crippen molar-refractivity contribution in [1.29, 1.82) is 0 Å². The molecule has 0 bridgehead atoms. The minimum Gasteiger partial charge on any atom is -0.481 e. The van der Waals surface area contributed by atoms with E-state index in [-0.39, 0.29) is 24.1 Å². The Labute approximate surface area is 245 Å². The average molecular weight is 569 g/mol. The number of hydrogen-bond donors (Lipinski definition) is 3. The molecule has 0 aliphatic heterocycles. The predicted molar refractivity (Wildman–Crippen MR) is 163 cm³/mol. The highest BCUT2D eigenvalue weighted by molar-refractivity contribution is 5.71. The summed E-state index contributed by atoms with van der Waals surface area (Å²) in [5, 5.41) is 29.4. The maximum atomic E-state index is 12.0. The van der Waals surface area contributed by atoms with Crippen LogP contribution in [0.5, 0.6) is 0 Å². The van der Waals surface area contributed by atoms with Gasteiger partial charge in [-0.3, -0.25) is 14.4 Å². The first kappa shape index (κ1) is 38.1. The van der Waals surface area contributed by atoms with Crippen LogP contribution in [-0.2, 0) is 14.4 Å². The molecule has 0 fully saturated rings. The van der Waals surface area contributed by atoms with Gasteiger partial charge in [0.15, 0.2) is 0 Å². The molecule has 0 rings (SSSR count). The molecule has 0 amide bonds. The molecule has 234 valence electrons. The van der Waals surface area contributed by atoms with Crippen molar-refractivity contribution in [2.45, 2.75) is 137 Å². The molecule has 40 heavy (non-hydrogen) atoms. The van der Waals surface area contributed by atoms with E-state index in [0.717, 1.165) is 25.7 Å². The van der Waals surface area contributed by atoms with Crippen molar-refractivity contribution in [3.63, 3.8) is 0 Å². The fourth-order valence-corrected chi connectivity index (χ4v) is 5.81. The van der Waals surface area contributed by atoms with Crippen molar-refractivity contribution in [2.24, 2.45) is 17.8 Å². The molecule has 7 nitrogen and oxygen atoms in total. The van der Waals surface area contributed by atoms with Crippen molar-refractivity contribution < 1.29 is 34.2 Å². The SMILES string of the molecule is CC/C=C/CCCCCCCCCCCCCC[N+](CC(CC)C(=O)O)(CC(CC)C(=O)O)CC(CC)C(=O)O. The third kappa shape index (κ3) is 17.7. The highest BCUT2D eigenvalue weighted by Gasteiger charge is 2.40. The molecular formula is C33H62NO6+. The van der Waals surface area contributed by atoms with E-state index in [1.165, 1.54) is 64.2 Å². The van der Waals surface area contributed by atoms with E-state index in [1.807, 2.05) is 20.8 Å². The Kier molecular flexibility index (Phi) is 22.7. The molecule has 0 saturated carbocycles. The normalized spacial score (nSPS) is 15.5. The topological polar surface area (TPSA) is 112 Å².